The number of rotatable bonds is 7. The molecule has 0 saturated heterocycles. The molecule has 1 fully saturated rings. The number of ether oxygens (including phenoxy) is 2. The van der Waals surface area contributed by atoms with Gasteiger partial charge in [-0.15, -0.1) is 11.3 Å². The summed E-state index contributed by atoms with van der Waals surface area (Å²) in [6.07, 6.45) is 2.40. The minimum atomic E-state index is -0.543. The Hall–Kier alpha value is -3.91. The van der Waals surface area contributed by atoms with E-state index in [1.54, 1.807) is 22.2 Å². The van der Waals surface area contributed by atoms with Crippen LogP contribution in [-0.4, -0.2) is 28.7 Å². The first-order valence-corrected chi connectivity index (χ1v) is 12.6. The number of nitrogens with zero attached hydrogens (tertiary/aromatic N) is 2. The molecular weight excluding hydrogens is 474 g/mol. The molecule has 0 unspecified atom stereocenters. The number of carbonyl (C=O) groups is 2. The molecule has 36 heavy (non-hydrogen) atoms. The van der Waals surface area contributed by atoms with Crippen molar-refractivity contribution >= 4 is 29.2 Å². The average molecular weight is 502 g/mol. The number of carbonyl (C=O) groups excluding carboxylic acids is 2. The van der Waals surface area contributed by atoms with Gasteiger partial charge in [-0.25, -0.2) is 9.78 Å². The van der Waals surface area contributed by atoms with Crippen LogP contribution in [0.25, 0.3) is 21.7 Å². The highest BCUT2D eigenvalue weighted by Crippen LogP contribution is 2.52. The summed E-state index contributed by atoms with van der Waals surface area (Å²) in [5.41, 5.74) is 3.04. The number of nitrogens with one attached hydrogen (secondary N) is 1. The monoisotopic (exact) mass is 501 g/mol. The summed E-state index contributed by atoms with van der Waals surface area (Å²) in [4.78, 5) is 31.5. The minimum Gasteiger partial charge on any atom is -0.468 e. The van der Waals surface area contributed by atoms with Gasteiger partial charge in [-0.05, 0) is 43.0 Å². The molecular formula is C28H27N3O4S. The molecule has 7 nitrogen and oxygen atoms in total. The lowest BCUT2D eigenvalue weighted by Gasteiger charge is -2.15. The fraction of sp³-hybridized carbons (Fsp3) is 0.250. The average Bonchev–Trinajstić information content (AvgIpc) is 3.42. The molecule has 1 aliphatic carbocycles. The third-order valence-electron chi connectivity index (χ3n) is 6.56. The van der Waals surface area contributed by atoms with Gasteiger partial charge in [0.05, 0.1) is 13.4 Å². The highest BCUT2D eigenvalue weighted by Gasteiger charge is 2.53. The topological polar surface area (TPSA) is 82.5 Å². The van der Waals surface area contributed by atoms with E-state index in [0.29, 0.717) is 11.5 Å². The number of thiophene rings is 1. The van der Waals surface area contributed by atoms with Gasteiger partial charge in [0.1, 0.15) is 23.0 Å². The lowest BCUT2D eigenvalue weighted by atomic mass is 10.1. The van der Waals surface area contributed by atoms with Crippen molar-refractivity contribution in [2.24, 2.45) is 7.05 Å². The van der Waals surface area contributed by atoms with Crippen LogP contribution in [0.2, 0.25) is 0 Å². The molecule has 1 aliphatic rings. The van der Waals surface area contributed by atoms with Crippen molar-refractivity contribution in [2.75, 3.05) is 12.4 Å². The third kappa shape index (κ3) is 4.52. The van der Waals surface area contributed by atoms with E-state index in [9.17, 15) is 9.59 Å². The van der Waals surface area contributed by atoms with Crippen molar-refractivity contribution in [3.05, 3.63) is 83.5 Å². The first kappa shape index (κ1) is 23.8. The first-order chi connectivity index (χ1) is 17.4. The number of imidazole rings is 1. The van der Waals surface area contributed by atoms with E-state index in [-0.39, 0.29) is 12.1 Å². The number of hydrogen-bond donors (Lipinski definition) is 1. The SMILES string of the molecule is COC(=O)C1(c2ccc(-c3ccc(-c4ncn(C)c4NC(=O)O[C@H](C)c4ccccc4)cc3)s2)CC1. The number of anilines is 1. The first-order valence-electron chi connectivity index (χ1n) is 11.7. The van der Waals surface area contributed by atoms with E-state index in [2.05, 4.69) is 16.4 Å². The normalized spacial score (nSPS) is 14.6. The third-order valence-corrected chi connectivity index (χ3v) is 7.90. The van der Waals surface area contributed by atoms with Gasteiger partial charge in [0.25, 0.3) is 0 Å². The summed E-state index contributed by atoms with van der Waals surface area (Å²) in [6.45, 7) is 1.84. The van der Waals surface area contributed by atoms with E-state index < -0.39 is 11.5 Å². The summed E-state index contributed by atoms with van der Waals surface area (Å²) in [6, 6.07) is 21.7. The Morgan fingerprint density at radius 2 is 1.72 bits per heavy atom. The number of hydrogen-bond acceptors (Lipinski definition) is 6. The number of esters is 1. The number of amides is 1. The fourth-order valence-electron chi connectivity index (χ4n) is 4.28. The molecule has 0 aliphatic heterocycles. The maximum Gasteiger partial charge on any atom is 0.413 e. The van der Waals surface area contributed by atoms with Crippen LogP contribution in [0.4, 0.5) is 10.6 Å². The maximum absolute atomic E-state index is 12.6. The zero-order valence-electron chi connectivity index (χ0n) is 20.4. The van der Waals surface area contributed by atoms with Gasteiger partial charge in [-0.3, -0.25) is 10.1 Å². The summed E-state index contributed by atoms with van der Waals surface area (Å²) < 4.78 is 12.3. The molecule has 1 saturated carbocycles. The van der Waals surface area contributed by atoms with Crippen molar-refractivity contribution in [3.8, 4) is 21.7 Å². The second-order valence-electron chi connectivity index (χ2n) is 8.95. The Balaban J connectivity index is 1.31. The van der Waals surface area contributed by atoms with E-state index in [1.807, 2.05) is 74.6 Å². The van der Waals surface area contributed by atoms with Gasteiger partial charge >= 0.3 is 12.1 Å². The lowest BCUT2D eigenvalue weighted by Crippen LogP contribution is -2.20. The van der Waals surface area contributed by atoms with Gasteiger partial charge in [0.2, 0.25) is 0 Å². The van der Waals surface area contributed by atoms with Crippen molar-refractivity contribution in [3.63, 3.8) is 0 Å². The summed E-state index contributed by atoms with van der Waals surface area (Å²) in [5, 5.41) is 2.84. The van der Waals surface area contributed by atoms with Crippen LogP contribution in [-0.2, 0) is 26.7 Å². The Morgan fingerprint density at radius 1 is 1.03 bits per heavy atom. The molecule has 5 rings (SSSR count). The summed E-state index contributed by atoms with van der Waals surface area (Å²) in [5.74, 6) is 0.401. The van der Waals surface area contributed by atoms with Gasteiger partial charge in [0, 0.05) is 22.4 Å². The van der Waals surface area contributed by atoms with Crippen LogP contribution >= 0.6 is 11.3 Å². The van der Waals surface area contributed by atoms with Gasteiger partial charge < -0.3 is 14.0 Å². The molecule has 1 N–H and O–H groups in total. The van der Waals surface area contributed by atoms with Crippen LogP contribution < -0.4 is 5.32 Å². The standard InChI is InChI=1S/C28H27N3O4S/c1-18(19-7-5-4-6-8-19)35-27(33)30-25-24(29-17-31(25)2)21-11-9-20(10-12-21)22-13-14-23(36-22)28(15-16-28)26(32)34-3/h4-14,17-18H,15-16H2,1-3H3,(H,30,33)/t18-/m1/s1. The van der Waals surface area contributed by atoms with Crippen LogP contribution in [0, 0.1) is 0 Å². The molecule has 2 aromatic carbocycles. The van der Waals surface area contributed by atoms with E-state index in [1.165, 1.54) is 7.11 Å². The quantitative estimate of drug-likeness (QED) is 0.299. The smallest absolute Gasteiger partial charge is 0.413 e. The molecule has 0 spiro atoms. The number of aryl methyl sites for hydroxylation is 1. The van der Waals surface area contributed by atoms with E-state index in [0.717, 1.165) is 39.3 Å². The predicted octanol–water partition coefficient (Wildman–Crippen LogP) is 6.33. The molecule has 184 valence electrons. The summed E-state index contributed by atoms with van der Waals surface area (Å²) in [7, 11) is 3.27. The van der Waals surface area contributed by atoms with Gasteiger partial charge in [-0.2, -0.15) is 0 Å². The van der Waals surface area contributed by atoms with Gasteiger partial charge in [0.15, 0.2) is 0 Å². The second-order valence-corrected chi connectivity index (χ2v) is 10.0. The summed E-state index contributed by atoms with van der Waals surface area (Å²) >= 11 is 1.63. The molecule has 0 radical (unpaired) electrons. The van der Waals surface area contributed by atoms with E-state index >= 15 is 0 Å². The maximum atomic E-state index is 12.6. The molecule has 1 amide bonds. The fourth-order valence-corrected chi connectivity index (χ4v) is 5.53. The highest BCUT2D eigenvalue weighted by atomic mass is 32.1. The van der Waals surface area contributed by atoms with Crippen molar-refractivity contribution in [1.29, 1.82) is 0 Å². The molecule has 1 atom stereocenters. The molecule has 4 aromatic rings. The number of methoxy groups -OCH3 is 1. The predicted molar refractivity (Wildman–Crippen MR) is 140 cm³/mol. The van der Waals surface area contributed by atoms with Crippen molar-refractivity contribution in [1.82, 2.24) is 9.55 Å². The second kappa shape index (κ2) is 9.62. The van der Waals surface area contributed by atoms with Crippen LogP contribution in [0.1, 0.15) is 36.3 Å². The highest BCUT2D eigenvalue weighted by molar-refractivity contribution is 7.15. The number of benzene rings is 2. The van der Waals surface area contributed by atoms with Crippen LogP contribution in [0.3, 0.4) is 0 Å². The molecule has 8 heteroatoms. The molecule has 0 bridgehead atoms. The van der Waals surface area contributed by atoms with Crippen molar-refractivity contribution in [2.45, 2.75) is 31.3 Å². The Kier molecular flexibility index (Phi) is 6.36. The number of aromatic nitrogens is 2. The van der Waals surface area contributed by atoms with Crippen LogP contribution in [0.5, 0.6) is 0 Å². The van der Waals surface area contributed by atoms with Crippen LogP contribution in [0.15, 0.2) is 73.1 Å². The van der Waals surface area contributed by atoms with E-state index in [4.69, 9.17) is 9.47 Å². The minimum absolute atomic E-state index is 0.155. The van der Waals surface area contributed by atoms with Gasteiger partial charge in [-0.1, -0.05) is 54.6 Å². The Labute approximate surface area is 213 Å². The van der Waals surface area contributed by atoms with Crippen molar-refractivity contribution < 1.29 is 19.1 Å². The Morgan fingerprint density at radius 3 is 2.39 bits per heavy atom. The largest absolute Gasteiger partial charge is 0.468 e. The lowest BCUT2D eigenvalue weighted by molar-refractivity contribution is -0.143. The zero-order chi connectivity index (χ0) is 25.3. The molecule has 2 heterocycles. The Bertz CT molecular complexity index is 1390. The zero-order valence-corrected chi connectivity index (χ0v) is 21.2. The molecule has 2 aromatic heterocycles.